The molecule has 0 unspecified atom stereocenters. The summed E-state index contributed by atoms with van der Waals surface area (Å²) in [6.07, 6.45) is 1.19. The second-order valence-corrected chi connectivity index (χ2v) is 4.53. The minimum atomic E-state index is -0.396. The minimum absolute atomic E-state index is 0.396. The summed E-state index contributed by atoms with van der Waals surface area (Å²) in [5, 5.41) is 10.8. The summed E-state index contributed by atoms with van der Waals surface area (Å²) in [5.41, 5.74) is 2.17. The smallest absolute Gasteiger partial charge is 0.0793 e. The molecule has 2 rings (SSSR count). The van der Waals surface area contributed by atoms with Gasteiger partial charge in [0.1, 0.15) is 0 Å². The first kappa shape index (κ1) is 12.2. The van der Waals surface area contributed by atoms with Crippen molar-refractivity contribution in [1.82, 2.24) is 0 Å². The molecule has 2 aromatic carbocycles. The Morgan fingerprint density at radius 2 is 1.59 bits per heavy atom. The van der Waals surface area contributed by atoms with E-state index in [1.807, 2.05) is 54.6 Å². The van der Waals surface area contributed by atoms with Crippen LogP contribution >= 0.6 is 11.6 Å². The third-order valence-corrected chi connectivity index (χ3v) is 3.06. The van der Waals surface area contributed by atoms with E-state index in [9.17, 15) is 5.11 Å². The van der Waals surface area contributed by atoms with Gasteiger partial charge in [-0.1, -0.05) is 54.1 Å². The quantitative estimate of drug-likeness (QED) is 0.864. The summed E-state index contributed by atoms with van der Waals surface area (Å²) in [7, 11) is 0. The monoisotopic (exact) mass is 246 g/mol. The second-order valence-electron chi connectivity index (χ2n) is 4.09. The molecule has 0 aliphatic heterocycles. The van der Waals surface area contributed by atoms with Crippen LogP contribution in [0.2, 0.25) is 5.02 Å². The molecule has 0 saturated carbocycles. The topological polar surface area (TPSA) is 20.2 Å². The maximum absolute atomic E-state index is 10.0. The van der Waals surface area contributed by atoms with Crippen LogP contribution in [0.4, 0.5) is 0 Å². The van der Waals surface area contributed by atoms with Crippen molar-refractivity contribution in [2.45, 2.75) is 18.9 Å². The van der Waals surface area contributed by atoms with Gasteiger partial charge in [0.25, 0.3) is 0 Å². The molecule has 1 N–H and O–H groups in total. The molecule has 0 radical (unpaired) electrons. The molecule has 2 aromatic rings. The lowest BCUT2D eigenvalue weighted by atomic mass is 10.0. The van der Waals surface area contributed by atoms with Crippen molar-refractivity contribution in [1.29, 1.82) is 0 Å². The van der Waals surface area contributed by atoms with Crippen LogP contribution in [0.5, 0.6) is 0 Å². The van der Waals surface area contributed by atoms with E-state index in [1.165, 1.54) is 5.56 Å². The molecule has 1 atom stereocenters. The van der Waals surface area contributed by atoms with Gasteiger partial charge in [-0.3, -0.25) is 0 Å². The van der Waals surface area contributed by atoms with Crippen LogP contribution in [0.1, 0.15) is 23.7 Å². The highest BCUT2D eigenvalue weighted by atomic mass is 35.5. The molecule has 0 spiro atoms. The highest BCUT2D eigenvalue weighted by Crippen LogP contribution is 2.19. The molecular formula is C15H15ClO. The van der Waals surface area contributed by atoms with E-state index in [2.05, 4.69) is 0 Å². The molecule has 0 fully saturated rings. The number of hydrogen-bond acceptors (Lipinski definition) is 1. The first-order valence-electron chi connectivity index (χ1n) is 5.73. The molecule has 0 amide bonds. The van der Waals surface area contributed by atoms with E-state index in [0.29, 0.717) is 0 Å². The summed E-state index contributed by atoms with van der Waals surface area (Å²) in [5.74, 6) is 0. The molecule has 0 aliphatic rings. The predicted molar refractivity (Wildman–Crippen MR) is 71.2 cm³/mol. The van der Waals surface area contributed by atoms with Crippen LogP contribution in [0.25, 0.3) is 0 Å². The third kappa shape index (κ3) is 3.58. The van der Waals surface area contributed by atoms with E-state index in [-0.39, 0.29) is 0 Å². The van der Waals surface area contributed by atoms with Crippen LogP contribution in [0, 0.1) is 0 Å². The zero-order valence-electron chi connectivity index (χ0n) is 9.51. The van der Waals surface area contributed by atoms with Crippen molar-refractivity contribution in [3.63, 3.8) is 0 Å². The van der Waals surface area contributed by atoms with Gasteiger partial charge in [0.2, 0.25) is 0 Å². The number of halogens is 1. The van der Waals surface area contributed by atoms with Gasteiger partial charge in [-0.05, 0) is 36.1 Å². The van der Waals surface area contributed by atoms with Gasteiger partial charge in [-0.15, -0.1) is 0 Å². The van der Waals surface area contributed by atoms with Gasteiger partial charge in [0.15, 0.2) is 0 Å². The number of aryl methyl sites for hydroxylation is 1. The molecule has 0 saturated heterocycles. The van der Waals surface area contributed by atoms with Crippen molar-refractivity contribution in [2.24, 2.45) is 0 Å². The molecular weight excluding hydrogens is 232 g/mol. The lowest BCUT2D eigenvalue weighted by Gasteiger charge is -2.10. The Bertz CT molecular complexity index is 450. The lowest BCUT2D eigenvalue weighted by Crippen LogP contribution is -1.99. The summed E-state index contributed by atoms with van der Waals surface area (Å²) in [6.45, 7) is 0. The fourth-order valence-corrected chi connectivity index (χ4v) is 1.92. The Hall–Kier alpha value is -1.31. The highest BCUT2D eigenvalue weighted by molar-refractivity contribution is 6.30. The van der Waals surface area contributed by atoms with Gasteiger partial charge in [0.05, 0.1) is 6.10 Å². The largest absolute Gasteiger partial charge is 0.388 e. The van der Waals surface area contributed by atoms with Crippen molar-refractivity contribution in [2.75, 3.05) is 0 Å². The number of aliphatic hydroxyl groups is 1. The van der Waals surface area contributed by atoms with Crippen LogP contribution in [-0.2, 0) is 6.42 Å². The Morgan fingerprint density at radius 3 is 2.24 bits per heavy atom. The molecule has 17 heavy (non-hydrogen) atoms. The SMILES string of the molecule is O[C@H](CCc1ccc(Cl)cc1)c1ccccc1. The van der Waals surface area contributed by atoms with Crippen molar-refractivity contribution < 1.29 is 5.11 Å². The van der Waals surface area contributed by atoms with E-state index in [1.54, 1.807) is 0 Å². The fraction of sp³-hybridized carbons (Fsp3) is 0.200. The first-order valence-corrected chi connectivity index (χ1v) is 6.11. The van der Waals surface area contributed by atoms with Gasteiger partial charge in [-0.25, -0.2) is 0 Å². The first-order chi connectivity index (χ1) is 8.25. The standard InChI is InChI=1S/C15H15ClO/c16-14-9-6-12(7-10-14)8-11-15(17)13-4-2-1-3-5-13/h1-7,9-10,15,17H,8,11H2/t15-/m1/s1. The van der Waals surface area contributed by atoms with E-state index in [0.717, 1.165) is 23.4 Å². The number of hydrogen-bond donors (Lipinski definition) is 1. The van der Waals surface area contributed by atoms with Gasteiger partial charge < -0.3 is 5.11 Å². The van der Waals surface area contributed by atoms with Gasteiger partial charge in [0, 0.05) is 5.02 Å². The van der Waals surface area contributed by atoms with Gasteiger partial charge >= 0.3 is 0 Å². The zero-order valence-corrected chi connectivity index (χ0v) is 10.3. The van der Waals surface area contributed by atoms with Crippen molar-refractivity contribution >= 4 is 11.6 Å². The number of benzene rings is 2. The maximum Gasteiger partial charge on any atom is 0.0793 e. The van der Waals surface area contributed by atoms with E-state index in [4.69, 9.17) is 11.6 Å². The van der Waals surface area contributed by atoms with E-state index < -0.39 is 6.10 Å². The normalized spacial score (nSPS) is 12.4. The lowest BCUT2D eigenvalue weighted by molar-refractivity contribution is 0.168. The molecule has 0 bridgehead atoms. The Labute approximate surface area is 107 Å². The number of rotatable bonds is 4. The van der Waals surface area contributed by atoms with Crippen LogP contribution in [0.3, 0.4) is 0 Å². The Balaban J connectivity index is 1.92. The summed E-state index contributed by atoms with van der Waals surface area (Å²) in [4.78, 5) is 0. The van der Waals surface area contributed by atoms with Crippen LogP contribution in [-0.4, -0.2) is 5.11 Å². The average Bonchev–Trinajstić information content (AvgIpc) is 2.39. The molecule has 0 aliphatic carbocycles. The zero-order chi connectivity index (χ0) is 12.1. The van der Waals surface area contributed by atoms with E-state index >= 15 is 0 Å². The van der Waals surface area contributed by atoms with Crippen LogP contribution in [0.15, 0.2) is 54.6 Å². The number of aliphatic hydroxyl groups excluding tert-OH is 1. The minimum Gasteiger partial charge on any atom is -0.388 e. The second kappa shape index (κ2) is 5.85. The van der Waals surface area contributed by atoms with Crippen LogP contribution < -0.4 is 0 Å². The Kier molecular flexibility index (Phi) is 4.18. The average molecular weight is 247 g/mol. The third-order valence-electron chi connectivity index (χ3n) is 2.80. The summed E-state index contributed by atoms with van der Waals surface area (Å²) >= 11 is 5.82. The summed E-state index contributed by atoms with van der Waals surface area (Å²) in [6, 6.07) is 17.5. The molecule has 1 nitrogen and oxygen atoms in total. The van der Waals surface area contributed by atoms with Crippen molar-refractivity contribution in [3.8, 4) is 0 Å². The van der Waals surface area contributed by atoms with Gasteiger partial charge in [-0.2, -0.15) is 0 Å². The predicted octanol–water partition coefficient (Wildman–Crippen LogP) is 4.01. The molecule has 2 heteroatoms. The molecule has 0 aromatic heterocycles. The highest BCUT2D eigenvalue weighted by Gasteiger charge is 2.06. The maximum atomic E-state index is 10.0. The fourth-order valence-electron chi connectivity index (χ4n) is 1.80. The van der Waals surface area contributed by atoms with Crippen molar-refractivity contribution in [3.05, 3.63) is 70.7 Å². The molecule has 88 valence electrons. The summed E-state index contributed by atoms with van der Waals surface area (Å²) < 4.78 is 0. The molecule has 0 heterocycles. The Morgan fingerprint density at radius 1 is 0.941 bits per heavy atom.